The molecule has 1 aromatic rings. The van der Waals surface area contributed by atoms with Gasteiger partial charge in [-0.25, -0.2) is 0 Å². The van der Waals surface area contributed by atoms with Crippen molar-refractivity contribution in [2.75, 3.05) is 26.7 Å². The van der Waals surface area contributed by atoms with Crippen LogP contribution in [0, 0.1) is 11.8 Å². The van der Waals surface area contributed by atoms with Crippen LogP contribution in [0.1, 0.15) is 31.7 Å². The molecule has 0 bridgehead atoms. The lowest BCUT2D eigenvalue weighted by atomic mass is 9.90. The molecule has 3 nitrogen and oxygen atoms in total. The molecule has 0 radical (unpaired) electrons. The topological polar surface area (TPSA) is 38.5 Å². The lowest BCUT2D eigenvalue weighted by Gasteiger charge is -2.39. The van der Waals surface area contributed by atoms with E-state index >= 15 is 0 Å². The molecule has 1 aromatic carbocycles. The highest BCUT2D eigenvalue weighted by molar-refractivity contribution is 5.34. The van der Waals surface area contributed by atoms with Crippen LogP contribution >= 0.6 is 0 Å². The van der Waals surface area contributed by atoms with Crippen molar-refractivity contribution in [3.63, 3.8) is 0 Å². The first-order valence-electron chi connectivity index (χ1n) is 8.23. The van der Waals surface area contributed by atoms with Crippen molar-refractivity contribution in [2.45, 2.75) is 38.1 Å². The minimum Gasteiger partial charge on any atom is -0.496 e. The van der Waals surface area contributed by atoms with Crippen LogP contribution < -0.4 is 10.5 Å². The third-order valence-corrected chi connectivity index (χ3v) is 5.69. The zero-order valence-electron chi connectivity index (χ0n) is 13.3. The fraction of sp³-hybridized carbons (Fsp3) is 0.667. The summed E-state index contributed by atoms with van der Waals surface area (Å²) < 4.78 is 5.51. The Balaban J connectivity index is 1.77. The van der Waals surface area contributed by atoms with E-state index in [0.29, 0.717) is 6.54 Å². The summed E-state index contributed by atoms with van der Waals surface area (Å²) in [6, 6.07) is 8.34. The molecule has 3 unspecified atom stereocenters. The molecule has 1 aliphatic heterocycles. The Morgan fingerprint density at radius 2 is 1.90 bits per heavy atom. The van der Waals surface area contributed by atoms with Crippen LogP contribution in [0.5, 0.6) is 5.75 Å². The van der Waals surface area contributed by atoms with Gasteiger partial charge >= 0.3 is 0 Å². The first-order valence-corrected chi connectivity index (χ1v) is 8.23. The van der Waals surface area contributed by atoms with Crippen molar-refractivity contribution < 1.29 is 4.74 Å². The molecule has 3 rings (SSSR count). The van der Waals surface area contributed by atoms with Crippen LogP contribution in [-0.2, 0) is 6.42 Å². The molecule has 1 heterocycles. The summed E-state index contributed by atoms with van der Waals surface area (Å²) >= 11 is 0. The highest BCUT2D eigenvalue weighted by Gasteiger charge is 2.43. The van der Waals surface area contributed by atoms with E-state index in [1.165, 1.54) is 37.9 Å². The van der Waals surface area contributed by atoms with Crippen LogP contribution in [-0.4, -0.2) is 37.2 Å². The van der Waals surface area contributed by atoms with Crippen LogP contribution in [0.4, 0.5) is 0 Å². The molecule has 1 saturated carbocycles. The van der Waals surface area contributed by atoms with Gasteiger partial charge in [-0.3, -0.25) is 4.90 Å². The minimum atomic E-state index is 0.0406. The molecule has 3 heteroatoms. The summed E-state index contributed by atoms with van der Waals surface area (Å²) in [6.07, 6.45) is 5.22. The normalized spacial score (nSPS) is 28.3. The van der Waals surface area contributed by atoms with Crippen LogP contribution in [0.2, 0.25) is 0 Å². The van der Waals surface area contributed by atoms with Crippen molar-refractivity contribution >= 4 is 0 Å². The van der Waals surface area contributed by atoms with Crippen molar-refractivity contribution in [3.05, 3.63) is 29.8 Å². The van der Waals surface area contributed by atoms with E-state index in [4.69, 9.17) is 10.5 Å². The van der Waals surface area contributed by atoms with E-state index in [9.17, 15) is 0 Å². The Bertz CT molecular complexity index is 478. The molecule has 21 heavy (non-hydrogen) atoms. The molecule has 0 spiro atoms. The Kier molecular flexibility index (Phi) is 4.23. The number of likely N-dealkylation sites (tertiary alicyclic amines) is 1. The second-order valence-electron chi connectivity index (χ2n) is 7.05. The number of hydrogen-bond acceptors (Lipinski definition) is 3. The number of hydrogen-bond donors (Lipinski definition) is 1. The third-order valence-electron chi connectivity index (χ3n) is 5.69. The van der Waals surface area contributed by atoms with Crippen molar-refractivity contribution in [1.29, 1.82) is 0 Å². The standard InChI is InChI=1S/C18H28N2O/c1-18(13-19,10-14-6-3-4-9-17(14)21-2)20-11-15-7-5-8-16(15)12-20/h3-4,6,9,15-16H,5,7-8,10-13,19H2,1-2H3. The number of fused-ring (bicyclic) bond motifs is 1. The van der Waals surface area contributed by atoms with E-state index < -0.39 is 0 Å². The SMILES string of the molecule is COc1ccccc1CC(C)(CN)N1CC2CCCC2C1. The maximum atomic E-state index is 6.19. The average molecular weight is 288 g/mol. The van der Waals surface area contributed by atoms with Crippen LogP contribution in [0.25, 0.3) is 0 Å². The lowest BCUT2D eigenvalue weighted by Crippen LogP contribution is -2.52. The smallest absolute Gasteiger partial charge is 0.122 e. The summed E-state index contributed by atoms with van der Waals surface area (Å²) in [6.45, 7) is 5.48. The van der Waals surface area contributed by atoms with E-state index in [-0.39, 0.29) is 5.54 Å². The van der Waals surface area contributed by atoms with E-state index in [1.807, 2.05) is 12.1 Å². The fourth-order valence-corrected chi connectivity index (χ4v) is 4.25. The van der Waals surface area contributed by atoms with Gasteiger partial charge in [-0.05, 0) is 49.7 Å². The Labute approximate surface area is 128 Å². The monoisotopic (exact) mass is 288 g/mol. The molecular weight excluding hydrogens is 260 g/mol. The lowest BCUT2D eigenvalue weighted by molar-refractivity contribution is 0.130. The third kappa shape index (κ3) is 2.82. The molecule has 1 saturated heterocycles. The second-order valence-corrected chi connectivity index (χ2v) is 7.05. The quantitative estimate of drug-likeness (QED) is 0.905. The van der Waals surface area contributed by atoms with Gasteiger partial charge in [0.25, 0.3) is 0 Å². The molecular formula is C18H28N2O. The number of methoxy groups -OCH3 is 1. The molecule has 116 valence electrons. The summed E-state index contributed by atoms with van der Waals surface area (Å²) in [4.78, 5) is 2.65. The molecule has 0 aromatic heterocycles. The molecule has 2 N–H and O–H groups in total. The van der Waals surface area contributed by atoms with Gasteiger partial charge in [0.15, 0.2) is 0 Å². The zero-order valence-corrected chi connectivity index (χ0v) is 13.3. The fourth-order valence-electron chi connectivity index (χ4n) is 4.25. The van der Waals surface area contributed by atoms with E-state index in [1.54, 1.807) is 7.11 Å². The molecule has 1 aliphatic carbocycles. The molecule has 2 fully saturated rings. The van der Waals surface area contributed by atoms with Gasteiger partial charge in [0, 0.05) is 25.2 Å². The van der Waals surface area contributed by atoms with Crippen molar-refractivity contribution in [2.24, 2.45) is 17.6 Å². The summed E-state index contributed by atoms with van der Waals surface area (Å²) in [5.74, 6) is 2.80. The summed E-state index contributed by atoms with van der Waals surface area (Å²) in [5, 5.41) is 0. The van der Waals surface area contributed by atoms with Crippen LogP contribution in [0.15, 0.2) is 24.3 Å². The number of para-hydroxylation sites is 1. The number of benzene rings is 1. The van der Waals surface area contributed by atoms with Gasteiger partial charge in [0.2, 0.25) is 0 Å². The number of nitrogens with zero attached hydrogens (tertiary/aromatic N) is 1. The largest absolute Gasteiger partial charge is 0.496 e. The Hall–Kier alpha value is -1.06. The predicted octanol–water partition coefficient (Wildman–Crippen LogP) is 2.69. The Morgan fingerprint density at radius 3 is 2.52 bits per heavy atom. The van der Waals surface area contributed by atoms with E-state index in [2.05, 4.69) is 24.0 Å². The van der Waals surface area contributed by atoms with Gasteiger partial charge in [-0.1, -0.05) is 24.6 Å². The number of ether oxygens (including phenoxy) is 1. The predicted molar refractivity (Wildman–Crippen MR) is 86.6 cm³/mol. The van der Waals surface area contributed by atoms with Gasteiger partial charge in [-0.15, -0.1) is 0 Å². The number of rotatable bonds is 5. The van der Waals surface area contributed by atoms with Gasteiger partial charge in [-0.2, -0.15) is 0 Å². The summed E-state index contributed by atoms with van der Waals surface area (Å²) in [5.41, 5.74) is 7.50. The first kappa shape index (κ1) is 14.9. The zero-order chi connectivity index (χ0) is 14.9. The molecule has 3 atom stereocenters. The second kappa shape index (κ2) is 5.98. The highest BCUT2D eigenvalue weighted by atomic mass is 16.5. The highest BCUT2D eigenvalue weighted by Crippen LogP contribution is 2.41. The maximum Gasteiger partial charge on any atom is 0.122 e. The van der Waals surface area contributed by atoms with Crippen LogP contribution in [0.3, 0.4) is 0 Å². The molecule has 2 aliphatic rings. The number of nitrogens with two attached hydrogens (primary N) is 1. The maximum absolute atomic E-state index is 6.19. The molecule has 0 amide bonds. The van der Waals surface area contributed by atoms with E-state index in [0.717, 1.165) is 24.0 Å². The van der Waals surface area contributed by atoms with Crippen molar-refractivity contribution in [1.82, 2.24) is 4.90 Å². The first-order chi connectivity index (χ1) is 10.2. The average Bonchev–Trinajstić information content (AvgIpc) is 3.09. The summed E-state index contributed by atoms with van der Waals surface area (Å²) in [7, 11) is 1.75. The van der Waals surface area contributed by atoms with Gasteiger partial charge in [0.05, 0.1) is 7.11 Å². The van der Waals surface area contributed by atoms with Gasteiger partial charge in [0.1, 0.15) is 5.75 Å². The van der Waals surface area contributed by atoms with Crippen molar-refractivity contribution in [3.8, 4) is 5.75 Å². The van der Waals surface area contributed by atoms with Gasteiger partial charge < -0.3 is 10.5 Å². The Morgan fingerprint density at radius 1 is 1.24 bits per heavy atom. The minimum absolute atomic E-state index is 0.0406.